The average Bonchev–Trinajstić information content (AvgIpc) is 2.35. The molecule has 0 amide bonds. The van der Waals surface area contributed by atoms with E-state index in [-0.39, 0.29) is 15.8 Å². The highest BCUT2D eigenvalue weighted by molar-refractivity contribution is 7.85. The van der Waals surface area contributed by atoms with E-state index in [0.29, 0.717) is 17.9 Å². The minimum absolute atomic E-state index is 0.0264. The van der Waals surface area contributed by atoms with Crippen LogP contribution in [0.5, 0.6) is 0 Å². The summed E-state index contributed by atoms with van der Waals surface area (Å²) in [5.41, 5.74) is -0.0264. The fourth-order valence-corrected chi connectivity index (χ4v) is 2.83. The number of halogens is 1. The SMILES string of the molecule is COCCC(C)S(=O)c1ccc(Cl)c(C(=O)O)c1. The van der Waals surface area contributed by atoms with Gasteiger partial charge in [-0.1, -0.05) is 18.5 Å². The normalized spacial score (nSPS) is 14.2. The van der Waals surface area contributed by atoms with Gasteiger partial charge in [0.1, 0.15) is 0 Å². The summed E-state index contributed by atoms with van der Waals surface area (Å²) < 4.78 is 17.1. The van der Waals surface area contributed by atoms with Crippen molar-refractivity contribution in [2.75, 3.05) is 13.7 Å². The van der Waals surface area contributed by atoms with Crippen LogP contribution in [0.15, 0.2) is 23.1 Å². The fourth-order valence-electron chi connectivity index (χ4n) is 1.42. The Morgan fingerprint density at radius 1 is 1.56 bits per heavy atom. The third kappa shape index (κ3) is 3.80. The molecule has 1 rings (SSSR count). The summed E-state index contributed by atoms with van der Waals surface area (Å²) in [6.45, 7) is 2.36. The molecule has 2 unspecified atom stereocenters. The average molecular weight is 291 g/mol. The monoisotopic (exact) mass is 290 g/mol. The van der Waals surface area contributed by atoms with Crippen LogP contribution in [0.1, 0.15) is 23.7 Å². The number of hydrogen-bond donors (Lipinski definition) is 1. The first-order chi connectivity index (χ1) is 8.47. The molecule has 4 nitrogen and oxygen atoms in total. The lowest BCUT2D eigenvalue weighted by molar-refractivity contribution is 0.0697. The van der Waals surface area contributed by atoms with Gasteiger partial charge in [0.2, 0.25) is 0 Å². The van der Waals surface area contributed by atoms with Gasteiger partial charge in [-0.05, 0) is 24.6 Å². The maximum atomic E-state index is 12.2. The standard InChI is InChI=1S/C12H15ClO4S/c1-8(5-6-17-2)18(16)9-3-4-11(13)10(7-9)12(14)15/h3-4,7-8H,5-6H2,1-2H3,(H,14,15). The minimum Gasteiger partial charge on any atom is -0.478 e. The first kappa shape index (κ1) is 15.1. The van der Waals surface area contributed by atoms with Crippen molar-refractivity contribution in [3.05, 3.63) is 28.8 Å². The summed E-state index contributed by atoms with van der Waals surface area (Å²) in [4.78, 5) is 11.4. The van der Waals surface area contributed by atoms with Crippen LogP contribution in [-0.2, 0) is 15.5 Å². The van der Waals surface area contributed by atoms with Crippen molar-refractivity contribution in [1.29, 1.82) is 0 Å². The van der Waals surface area contributed by atoms with E-state index in [1.54, 1.807) is 13.2 Å². The molecular weight excluding hydrogens is 276 g/mol. The zero-order chi connectivity index (χ0) is 13.7. The van der Waals surface area contributed by atoms with E-state index in [1.165, 1.54) is 12.1 Å². The Hall–Kier alpha value is -0.910. The highest BCUT2D eigenvalue weighted by Crippen LogP contribution is 2.21. The first-order valence-corrected chi connectivity index (χ1v) is 6.98. The van der Waals surface area contributed by atoms with Gasteiger partial charge in [-0.2, -0.15) is 0 Å². The van der Waals surface area contributed by atoms with Crippen LogP contribution in [0.4, 0.5) is 0 Å². The van der Waals surface area contributed by atoms with Crippen molar-refractivity contribution in [2.45, 2.75) is 23.5 Å². The second-order valence-electron chi connectivity index (χ2n) is 3.84. The van der Waals surface area contributed by atoms with E-state index < -0.39 is 16.8 Å². The van der Waals surface area contributed by atoms with Crippen molar-refractivity contribution in [2.24, 2.45) is 0 Å². The highest BCUT2D eigenvalue weighted by Gasteiger charge is 2.16. The molecule has 0 saturated carbocycles. The summed E-state index contributed by atoms with van der Waals surface area (Å²) >= 11 is 5.76. The topological polar surface area (TPSA) is 63.6 Å². The second kappa shape index (κ2) is 6.87. The quantitative estimate of drug-likeness (QED) is 0.874. The van der Waals surface area contributed by atoms with Crippen LogP contribution >= 0.6 is 11.6 Å². The van der Waals surface area contributed by atoms with Crippen LogP contribution in [0.3, 0.4) is 0 Å². The van der Waals surface area contributed by atoms with Crippen molar-refractivity contribution in [3.8, 4) is 0 Å². The molecule has 0 bridgehead atoms. The van der Waals surface area contributed by atoms with E-state index in [2.05, 4.69) is 0 Å². The molecule has 0 saturated heterocycles. The van der Waals surface area contributed by atoms with E-state index in [9.17, 15) is 9.00 Å². The minimum atomic E-state index is -1.27. The Morgan fingerprint density at radius 3 is 2.78 bits per heavy atom. The molecule has 0 spiro atoms. The van der Waals surface area contributed by atoms with Gasteiger partial charge >= 0.3 is 5.97 Å². The Kier molecular flexibility index (Phi) is 5.78. The van der Waals surface area contributed by atoms with Crippen LogP contribution in [-0.4, -0.2) is 34.3 Å². The van der Waals surface area contributed by atoms with Gasteiger partial charge in [0.05, 0.1) is 21.4 Å². The Labute approximate surface area is 113 Å². The number of rotatable bonds is 6. The van der Waals surface area contributed by atoms with Gasteiger partial charge < -0.3 is 9.84 Å². The third-order valence-electron chi connectivity index (χ3n) is 2.49. The predicted octanol–water partition coefficient (Wildman–Crippen LogP) is 2.57. The molecule has 18 heavy (non-hydrogen) atoms. The molecule has 0 heterocycles. The lowest BCUT2D eigenvalue weighted by Gasteiger charge is -2.11. The maximum Gasteiger partial charge on any atom is 0.337 e. The molecule has 0 fully saturated rings. The van der Waals surface area contributed by atoms with E-state index in [1.807, 2.05) is 6.92 Å². The molecule has 1 aromatic carbocycles. The summed E-state index contributed by atoms with van der Waals surface area (Å²) in [5, 5.41) is 8.99. The van der Waals surface area contributed by atoms with Crippen LogP contribution in [0, 0.1) is 0 Å². The fraction of sp³-hybridized carbons (Fsp3) is 0.417. The molecule has 2 atom stereocenters. The Balaban J connectivity index is 2.93. The number of carboxylic acid groups (broad SMARTS) is 1. The smallest absolute Gasteiger partial charge is 0.337 e. The number of methoxy groups -OCH3 is 1. The molecule has 0 aromatic heterocycles. The number of benzene rings is 1. The lowest BCUT2D eigenvalue weighted by Crippen LogP contribution is -2.14. The molecule has 0 aliphatic heterocycles. The molecule has 1 N–H and O–H groups in total. The number of aromatic carboxylic acids is 1. The molecule has 0 aliphatic carbocycles. The predicted molar refractivity (Wildman–Crippen MR) is 70.8 cm³/mol. The van der Waals surface area contributed by atoms with Crippen LogP contribution in [0.25, 0.3) is 0 Å². The van der Waals surface area contributed by atoms with Gasteiger partial charge in [-0.25, -0.2) is 4.79 Å². The Bertz CT molecular complexity index is 461. The molecule has 0 radical (unpaired) electrons. The highest BCUT2D eigenvalue weighted by atomic mass is 35.5. The number of hydrogen-bond acceptors (Lipinski definition) is 3. The zero-order valence-corrected chi connectivity index (χ0v) is 11.8. The molecule has 0 aliphatic rings. The zero-order valence-electron chi connectivity index (χ0n) is 10.2. The van der Waals surface area contributed by atoms with Crippen LogP contribution in [0.2, 0.25) is 5.02 Å². The van der Waals surface area contributed by atoms with E-state index in [0.717, 1.165) is 0 Å². The number of carboxylic acids is 1. The maximum absolute atomic E-state index is 12.2. The van der Waals surface area contributed by atoms with Crippen molar-refractivity contribution in [3.63, 3.8) is 0 Å². The second-order valence-corrected chi connectivity index (χ2v) is 6.11. The lowest BCUT2D eigenvalue weighted by atomic mass is 10.2. The van der Waals surface area contributed by atoms with E-state index >= 15 is 0 Å². The largest absolute Gasteiger partial charge is 0.478 e. The Morgan fingerprint density at radius 2 is 2.22 bits per heavy atom. The van der Waals surface area contributed by atoms with Gasteiger partial charge in [0, 0.05) is 23.9 Å². The van der Waals surface area contributed by atoms with Crippen molar-refractivity contribution >= 4 is 28.4 Å². The molecule has 6 heteroatoms. The van der Waals surface area contributed by atoms with Gasteiger partial charge in [0.25, 0.3) is 0 Å². The molecule has 100 valence electrons. The van der Waals surface area contributed by atoms with Gasteiger partial charge in [0.15, 0.2) is 0 Å². The van der Waals surface area contributed by atoms with Crippen molar-refractivity contribution < 1.29 is 18.8 Å². The van der Waals surface area contributed by atoms with Crippen LogP contribution < -0.4 is 0 Å². The molecule has 1 aromatic rings. The van der Waals surface area contributed by atoms with Crippen molar-refractivity contribution in [1.82, 2.24) is 0 Å². The summed E-state index contributed by atoms with van der Waals surface area (Å²) in [7, 11) is 0.317. The summed E-state index contributed by atoms with van der Waals surface area (Å²) in [6.07, 6.45) is 0.647. The summed E-state index contributed by atoms with van der Waals surface area (Å²) in [5.74, 6) is -1.12. The van der Waals surface area contributed by atoms with Gasteiger partial charge in [-0.3, -0.25) is 4.21 Å². The number of ether oxygens (including phenoxy) is 1. The number of carbonyl (C=O) groups is 1. The third-order valence-corrected chi connectivity index (χ3v) is 4.51. The van der Waals surface area contributed by atoms with Gasteiger partial charge in [-0.15, -0.1) is 0 Å². The molecular formula is C12H15ClO4S. The first-order valence-electron chi connectivity index (χ1n) is 5.39. The summed E-state index contributed by atoms with van der Waals surface area (Å²) in [6, 6.07) is 4.42. The van der Waals surface area contributed by atoms with E-state index in [4.69, 9.17) is 21.4 Å².